The Bertz CT molecular complexity index is 787. The molecule has 0 fully saturated rings. The summed E-state index contributed by atoms with van der Waals surface area (Å²) in [7, 11) is 0. The van der Waals surface area contributed by atoms with Gasteiger partial charge in [-0.05, 0) is 35.2 Å². The van der Waals surface area contributed by atoms with Crippen molar-refractivity contribution < 1.29 is 9.18 Å². The molecular weight excluding hydrogens is 269 g/mol. The van der Waals surface area contributed by atoms with E-state index in [1.807, 2.05) is 6.07 Å². The lowest BCUT2D eigenvalue weighted by molar-refractivity contribution is 0.0946. The van der Waals surface area contributed by atoms with Gasteiger partial charge < -0.3 is 5.32 Å². The second-order valence-electron chi connectivity index (χ2n) is 4.60. The Morgan fingerprint density at radius 1 is 1.10 bits per heavy atom. The van der Waals surface area contributed by atoms with Gasteiger partial charge in [-0.25, -0.2) is 4.39 Å². The van der Waals surface area contributed by atoms with Gasteiger partial charge in [-0.2, -0.15) is 0 Å². The maximum Gasteiger partial charge on any atom is 0.270 e. The summed E-state index contributed by atoms with van der Waals surface area (Å²) in [6.07, 6.45) is 4.99. The summed E-state index contributed by atoms with van der Waals surface area (Å²) in [6, 6.07) is 9.54. The summed E-state index contributed by atoms with van der Waals surface area (Å²) < 4.78 is 12.8. The molecule has 1 N–H and O–H groups in total. The van der Waals surface area contributed by atoms with E-state index >= 15 is 0 Å². The lowest BCUT2D eigenvalue weighted by atomic mass is 10.2. The molecule has 21 heavy (non-hydrogen) atoms. The molecule has 4 nitrogen and oxygen atoms in total. The average Bonchev–Trinajstić information content (AvgIpc) is 2.53. The van der Waals surface area contributed by atoms with Crippen molar-refractivity contribution in [2.45, 2.75) is 6.54 Å². The third-order valence-corrected chi connectivity index (χ3v) is 3.12. The normalized spacial score (nSPS) is 10.5. The average molecular weight is 281 g/mol. The van der Waals surface area contributed by atoms with Gasteiger partial charge in [-0.15, -0.1) is 0 Å². The van der Waals surface area contributed by atoms with Gasteiger partial charge in [0.05, 0.1) is 0 Å². The Hall–Kier alpha value is -2.82. The Morgan fingerprint density at radius 2 is 1.90 bits per heavy atom. The summed E-state index contributed by atoms with van der Waals surface area (Å²) >= 11 is 0. The number of nitrogens with one attached hydrogen (secondary N) is 1. The topological polar surface area (TPSA) is 54.9 Å². The first kappa shape index (κ1) is 13.2. The number of aromatic nitrogens is 2. The van der Waals surface area contributed by atoms with Crippen LogP contribution in [0.5, 0.6) is 0 Å². The molecule has 0 bridgehead atoms. The van der Waals surface area contributed by atoms with E-state index in [9.17, 15) is 9.18 Å². The molecule has 1 amide bonds. The Balaban J connectivity index is 1.73. The van der Waals surface area contributed by atoms with E-state index in [-0.39, 0.29) is 11.7 Å². The van der Waals surface area contributed by atoms with Crippen LogP contribution in [0.15, 0.2) is 55.0 Å². The predicted octanol–water partition coefficient (Wildman–Crippen LogP) is 2.70. The number of rotatable bonds is 3. The minimum Gasteiger partial charge on any atom is -0.347 e. The van der Waals surface area contributed by atoms with Gasteiger partial charge in [-0.1, -0.05) is 12.1 Å². The minimum atomic E-state index is -0.296. The molecule has 3 aromatic rings. The third-order valence-electron chi connectivity index (χ3n) is 3.12. The van der Waals surface area contributed by atoms with Crippen molar-refractivity contribution in [2.75, 3.05) is 0 Å². The van der Waals surface area contributed by atoms with Crippen LogP contribution < -0.4 is 5.32 Å². The van der Waals surface area contributed by atoms with E-state index in [1.165, 1.54) is 12.1 Å². The van der Waals surface area contributed by atoms with Gasteiger partial charge >= 0.3 is 0 Å². The highest BCUT2D eigenvalue weighted by atomic mass is 19.1. The van der Waals surface area contributed by atoms with Gasteiger partial charge in [0.1, 0.15) is 11.5 Å². The van der Waals surface area contributed by atoms with Crippen molar-refractivity contribution in [1.29, 1.82) is 0 Å². The number of hydrogen-bond donors (Lipinski definition) is 1. The van der Waals surface area contributed by atoms with Crippen molar-refractivity contribution >= 4 is 16.7 Å². The Labute approximate surface area is 120 Å². The molecule has 0 saturated heterocycles. The highest BCUT2D eigenvalue weighted by Gasteiger charge is 2.07. The highest BCUT2D eigenvalue weighted by Crippen LogP contribution is 2.12. The zero-order chi connectivity index (χ0) is 14.7. The number of carbonyl (C=O) groups is 1. The molecule has 3 rings (SSSR count). The van der Waals surface area contributed by atoms with Crippen molar-refractivity contribution in [3.05, 3.63) is 72.1 Å². The maximum atomic E-state index is 12.8. The van der Waals surface area contributed by atoms with Crippen LogP contribution in [0.4, 0.5) is 4.39 Å². The number of halogens is 1. The third kappa shape index (κ3) is 3.02. The molecule has 2 aromatic heterocycles. The zero-order valence-corrected chi connectivity index (χ0v) is 11.1. The molecule has 0 radical (unpaired) electrons. The molecule has 0 saturated carbocycles. The highest BCUT2D eigenvalue weighted by molar-refractivity contribution is 5.96. The first-order valence-electron chi connectivity index (χ1n) is 6.45. The summed E-state index contributed by atoms with van der Waals surface area (Å²) in [6.45, 7) is 0.329. The quantitative estimate of drug-likeness (QED) is 0.803. The lowest BCUT2D eigenvalue weighted by Gasteiger charge is -2.05. The molecule has 104 valence electrons. The summed E-state index contributed by atoms with van der Waals surface area (Å²) in [5.41, 5.74) is 1.17. The summed E-state index contributed by atoms with van der Waals surface area (Å²) in [5, 5.41) is 4.55. The van der Waals surface area contributed by atoms with Crippen molar-refractivity contribution in [2.24, 2.45) is 0 Å². The van der Waals surface area contributed by atoms with Crippen LogP contribution in [0, 0.1) is 5.82 Å². The molecule has 5 heteroatoms. The molecule has 0 spiro atoms. The predicted molar refractivity (Wildman–Crippen MR) is 77.1 cm³/mol. The van der Waals surface area contributed by atoms with Crippen LogP contribution in [0.3, 0.4) is 0 Å². The number of nitrogens with zero attached hydrogens (tertiary/aromatic N) is 2. The van der Waals surface area contributed by atoms with Crippen LogP contribution in [-0.4, -0.2) is 15.9 Å². The molecule has 0 aliphatic carbocycles. The number of amides is 1. The number of carbonyl (C=O) groups excluding carboxylic acids is 1. The van der Waals surface area contributed by atoms with E-state index < -0.39 is 0 Å². The van der Waals surface area contributed by atoms with Crippen molar-refractivity contribution in [1.82, 2.24) is 15.3 Å². The molecule has 2 heterocycles. The fourth-order valence-corrected chi connectivity index (χ4v) is 1.98. The Kier molecular flexibility index (Phi) is 3.55. The number of fused-ring (bicyclic) bond motifs is 1. The van der Waals surface area contributed by atoms with Gasteiger partial charge in [0.15, 0.2) is 0 Å². The van der Waals surface area contributed by atoms with E-state index in [1.54, 1.807) is 36.8 Å². The number of hydrogen-bond acceptors (Lipinski definition) is 3. The molecule has 0 aliphatic rings. The molecule has 1 aromatic carbocycles. The molecule has 0 unspecified atom stereocenters. The first-order valence-corrected chi connectivity index (χ1v) is 6.45. The zero-order valence-electron chi connectivity index (χ0n) is 11.1. The second-order valence-corrected chi connectivity index (χ2v) is 4.60. The van der Waals surface area contributed by atoms with Gasteiger partial charge in [0.25, 0.3) is 5.91 Å². The summed E-state index contributed by atoms with van der Waals surface area (Å²) in [4.78, 5) is 20.2. The second kappa shape index (κ2) is 5.66. The maximum absolute atomic E-state index is 12.8. The van der Waals surface area contributed by atoms with Gasteiger partial charge in [0, 0.05) is 30.5 Å². The standard InChI is InChI=1S/C16H12FN3O/c17-14-3-1-11(2-4-14)8-20-16(21)15-7-12-5-6-18-9-13(12)10-19-15/h1-7,9-10H,8H2,(H,20,21). The smallest absolute Gasteiger partial charge is 0.270 e. The molecule has 0 aliphatic heterocycles. The van der Waals surface area contributed by atoms with Crippen LogP contribution in [-0.2, 0) is 6.54 Å². The van der Waals surface area contributed by atoms with E-state index in [2.05, 4.69) is 15.3 Å². The van der Waals surface area contributed by atoms with E-state index in [0.29, 0.717) is 12.2 Å². The fraction of sp³-hybridized carbons (Fsp3) is 0.0625. The van der Waals surface area contributed by atoms with Crippen molar-refractivity contribution in [3.63, 3.8) is 0 Å². The minimum absolute atomic E-state index is 0.266. The first-order chi connectivity index (χ1) is 10.2. The number of pyridine rings is 2. The van der Waals surface area contributed by atoms with E-state index in [0.717, 1.165) is 16.3 Å². The fourth-order valence-electron chi connectivity index (χ4n) is 1.98. The van der Waals surface area contributed by atoms with Crippen LogP contribution in [0.2, 0.25) is 0 Å². The van der Waals surface area contributed by atoms with Gasteiger partial charge in [0.2, 0.25) is 0 Å². The Morgan fingerprint density at radius 3 is 2.71 bits per heavy atom. The lowest BCUT2D eigenvalue weighted by Crippen LogP contribution is -2.23. The van der Waals surface area contributed by atoms with Crippen LogP contribution >= 0.6 is 0 Å². The molecule has 0 atom stereocenters. The SMILES string of the molecule is O=C(NCc1ccc(F)cc1)c1cc2ccncc2cn1. The van der Waals surface area contributed by atoms with E-state index in [4.69, 9.17) is 0 Å². The largest absolute Gasteiger partial charge is 0.347 e. The van der Waals surface area contributed by atoms with Crippen molar-refractivity contribution in [3.8, 4) is 0 Å². The van der Waals surface area contributed by atoms with Crippen LogP contribution in [0.1, 0.15) is 16.1 Å². The monoisotopic (exact) mass is 281 g/mol. The summed E-state index contributed by atoms with van der Waals surface area (Å²) in [5.74, 6) is -0.562. The van der Waals surface area contributed by atoms with Crippen LogP contribution in [0.25, 0.3) is 10.8 Å². The van der Waals surface area contributed by atoms with Gasteiger partial charge in [-0.3, -0.25) is 14.8 Å². The number of benzene rings is 1. The molecular formula is C16H12FN3O.